The summed E-state index contributed by atoms with van der Waals surface area (Å²) in [5.41, 5.74) is 1.25. The lowest BCUT2D eigenvalue weighted by Crippen LogP contribution is -1.83. The van der Waals surface area contributed by atoms with Crippen LogP contribution >= 0.6 is 0 Å². The number of hydrogen-bond donors (Lipinski definition) is 0. The highest BCUT2D eigenvalue weighted by Gasteiger charge is 2.04. The highest BCUT2D eigenvalue weighted by Crippen LogP contribution is 2.21. The molecule has 0 aliphatic carbocycles. The van der Waals surface area contributed by atoms with Crippen LogP contribution in [0.3, 0.4) is 0 Å². The fraction of sp³-hybridized carbons (Fsp3) is 0. The van der Waals surface area contributed by atoms with E-state index in [2.05, 4.69) is 6.26 Å². The molecule has 0 aliphatic rings. The standard InChI is InChI=1S/C10H5F2O/c11-9-2-1-7(5-10(9)12)8-3-4-13-6-8/h1-3,5-6H. The van der Waals surface area contributed by atoms with Gasteiger partial charge in [-0.1, -0.05) is 6.07 Å². The van der Waals surface area contributed by atoms with Crippen molar-refractivity contribution in [2.24, 2.45) is 0 Å². The molecular weight excluding hydrogens is 174 g/mol. The summed E-state index contributed by atoms with van der Waals surface area (Å²) in [4.78, 5) is 0. The van der Waals surface area contributed by atoms with Gasteiger partial charge < -0.3 is 4.42 Å². The maximum Gasteiger partial charge on any atom is 0.169 e. The minimum absolute atomic E-state index is 0.573. The molecule has 0 atom stereocenters. The van der Waals surface area contributed by atoms with Crippen LogP contribution in [-0.4, -0.2) is 0 Å². The van der Waals surface area contributed by atoms with Crippen LogP contribution in [0.1, 0.15) is 0 Å². The number of hydrogen-bond acceptors (Lipinski definition) is 1. The number of halogens is 2. The minimum atomic E-state index is -0.862. The van der Waals surface area contributed by atoms with Gasteiger partial charge in [0.25, 0.3) is 0 Å². The Bertz CT molecular complexity index is 407. The van der Waals surface area contributed by atoms with Crippen molar-refractivity contribution in [3.63, 3.8) is 0 Å². The van der Waals surface area contributed by atoms with Crippen molar-refractivity contribution in [1.29, 1.82) is 0 Å². The van der Waals surface area contributed by atoms with Gasteiger partial charge >= 0.3 is 0 Å². The van der Waals surface area contributed by atoms with Crippen LogP contribution < -0.4 is 0 Å². The molecule has 0 spiro atoms. The van der Waals surface area contributed by atoms with Gasteiger partial charge in [0, 0.05) is 5.56 Å². The molecule has 1 aromatic heterocycles. The van der Waals surface area contributed by atoms with E-state index in [1.807, 2.05) is 0 Å². The van der Waals surface area contributed by atoms with Crippen molar-refractivity contribution in [1.82, 2.24) is 0 Å². The molecule has 0 saturated heterocycles. The predicted molar refractivity (Wildman–Crippen MR) is 42.9 cm³/mol. The first-order chi connectivity index (χ1) is 6.27. The van der Waals surface area contributed by atoms with E-state index in [0.717, 1.165) is 12.1 Å². The molecule has 3 heteroatoms. The highest BCUT2D eigenvalue weighted by molar-refractivity contribution is 5.61. The van der Waals surface area contributed by atoms with Crippen molar-refractivity contribution in [2.75, 3.05) is 0 Å². The smallest absolute Gasteiger partial charge is 0.169 e. The maximum atomic E-state index is 12.8. The number of furan rings is 1. The van der Waals surface area contributed by atoms with Crippen LogP contribution in [-0.2, 0) is 0 Å². The summed E-state index contributed by atoms with van der Waals surface area (Å²) in [6, 6.07) is 5.25. The molecule has 1 heterocycles. The first-order valence-corrected chi connectivity index (χ1v) is 3.67. The minimum Gasteiger partial charge on any atom is -0.460 e. The first-order valence-electron chi connectivity index (χ1n) is 3.67. The van der Waals surface area contributed by atoms with Gasteiger partial charge in [-0.3, -0.25) is 0 Å². The SMILES string of the molecule is Fc1ccc(-c2c[c]oc2)cc1F. The molecule has 0 amide bonds. The monoisotopic (exact) mass is 179 g/mol. The van der Waals surface area contributed by atoms with Gasteiger partial charge in [-0.15, -0.1) is 0 Å². The van der Waals surface area contributed by atoms with Gasteiger partial charge in [0.15, 0.2) is 17.9 Å². The Labute approximate surface area is 73.6 Å². The second-order valence-corrected chi connectivity index (χ2v) is 2.58. The third-order valence-corrected chi connectivity index (χ3v) is 1.72. The summed E-state index contributed by atoms with van der Waals surface area (Å²) in [6.07, 6.45) is 3.89. The average molecular weight is 179 g/mol. The molecule has 0 saturated carbocycles. The van der Waals surface area contributed by atoms with Gasteiger partial charge in [0.1, 0.15) is 0 Å². The van der Waals surface area contributed by atoms with Crippen LogP contribution in [0, 0.1) is 17.9 Å². The van der Waals surface area contributed by atoms with E-state index in [1.54, 1.807) is 6.07 Å². The first kappa shape index (κ1) is 7.98. The highest BCUT2D eigenvalue weighted by atomic mass is 19.2. The molecule has 0 fully saturated rings. The molecule has 1 nitrogen and oxygen atoms in total. The molecule has 65 valence electrons. The normalized spacial score (nSPS) is 10.3. The van der Waals surface area contributed by atoms with E-state index in [4.69, 9.17) is 4.42 Å². The second-order valence-electron chi connectivity index (χ2n) is 2.58. The molecule has 0 bridgehead atoms. The van der Waals surface area contributed by atoms with Crippen molar-refractivity contribution in [2.45, 2.75) is 0 Å². The van der Waals surface area contributed by atoms with Crippen LogP contribution in [0.2, 0.25) is 0 Å². The van der Waals surface area contributed by atoms with E-state index < -0.39 is 11.6 Å². The Morgan fingerprint density at radius 3 is 2.54 bits per heavy atom. The molecule has 13 heavy (non-hydrogen) atoms. The Morgan fingerprint density at radius 1 is 1.08 bits per heavy atom. The summed E-state index contributed by atoms with van der Waals surface area (Å²) in [7, 11) is 0. The Balaban J connectivity index is 2.49. The third kappa shape index (κ3) is 1.45. The van der Waals surface area contributed by atoms with Crippen molar-refractivity contribution >= 4 is 0 Å². The molecule has 1 aromatic carbocycles. The topological polar surface area (TPSA) is 13.1 Å². The van der Waals surface area contributed by atoms with Gasteiger partial charge in [0.2, 0.25) is 0 Å². The Kier molecular flexibility index (Phi) is 1.85. The summed E-state index contributed by atoms with van der Waals surface area (Å²) in [5.74, 6) is -1.71. The second kappa shape index (κ2) is 3.01. The number of rotatable bonds is 1. The summed E-state index contributed by atoms with van der Waals surface area (Å²) >= 11 is 0. The molecule has 0 aliphatic heterocycles. The quantitative estimate of drug-likeness (QED) is 0.655. The van der Waals surface area contributed by atoms with Gasteiger partial charge in [-0.25, -0.2) is 8.78 Å². The van der Waals surface area contributed by atoms with E-state index in [9.17, 15) is 8.78 Å². The van der Waals surface area contributed by atoms with Gasteiger partial charge in [-0.05, 0) is 23.8 Å². The third-order valence-electron chi connectivity index (χ3n) is 1.72. The summed E-state index contributed by atoms with van der Waals surface area (Å²) in [5, 5.41) is 0. The van der Waals surface area contributed by atoms with E-state index in [1.165, 1.54) is 12.3 Å². The van der Waals surface area contributed by atoms with Gasteiger partial charge in [0.05, 0.1) is 6.26 Å². The van der Waals surface area contributed by atoms with Crippen LogP contribution in [0.5, 0.6) is 0 Å². The predicted octanol–water partition coefficient (Wildman–Crippen LogP) is 3.02. The fourth-order valence-corrected chi connectivity index (χ4v) is 1.06. The summed E-state index contributed by atoms with van der Waals surface area (Å²) in [6.45, 7) is 0. The molecule has 1 radical (unpaired) electrons. The van der Waals surface area contributed by atoms with Crippen molar-refractivity contribution in [3.05, 3.63) is 48.4 Å². The molecule has 0 N–H and O–H groups in total. The fourth-order valence-electron chi connectivity index (χ4n) is 1.06. The molecule has 2 aromatic rings. The lowest BCUT2D eigenvalue weighted by atomic mass is 10.1. The number of benzene rings is 1. The zero-order valence-electron chi connectivity index (χ0n) is 6.55. The van der Waals surface area contributed by atoms with Crippen LogP contribution in [0.15, 0.2) is 34.9 Å². The zero-order valence-corrected chi connectivity index (χ0v) is 6.55. The summed E-state index contributed by atoms with van der Waals surface area (Å²) < 4.78 is 30.0. The average Bonchev–Trinajstić information content (AvgIpc) is 2.62. The molecular formula is C10H5F2O. The lowest BCUT2D eigenvalue weighted by Gasteiger charge is -1.97. The Hall–Kier alpha value is -1.64. The van der Waals surface area contributed by atoms with E-state index in [0.29, 0.717) is 11.1 Å². The Morgan fingerprint density at radius 2 is 1.92 bits per heavy atom. The van der Waals surface area contributed by atoms with Crippen molar-refractivity contribution in [3.8, 4) is 11.1 Å². The lowest BCUT2D eigenvalue weighted by molar-refractivity contribution is 0.509. The van der Waals surface area contributed by atoms with E-state index >= 15 is 0 Å². The molecule has 2 rings (SSSR count). The van der Waals surface area contributed by atoms with Crippen LogP contribution in [0.25, 0.3) is 11.1 Å². The maximum absolute atomic E-state index is 12.8. The molecule has 0 unspecified atom stereocenters. The zero-order chi connectivity index (χ0) is 9.26. The van der Waals surface area contributed by atoms with Crippen molar-refractivity contribution < 1.29 is 13.2 Å². The van der Waals surface area contributed by atoms with Gasteiger partial charge in [-0.2, -0.15) is 0 Å². The van der Waals surface area contributed by atoms with Crippen LogP contribution in [0.4, 0.5) is 8.78 Å². The largest absolute Gasteiger partial charge is 0.460 e. The van der Waals surface area contributed by atoms with E-state index in [-0.39, 0.29) is 0 Å².